The molecule has 4 amide bonds. The summed E-state index contributed by atoms with van der Waals surface area (Å²) in [4.78, 5) is 46.1. The average molecular weight is 501 g/mol. The zero-order chi connectivity index (χ0) is 25.9. The van der Waals surface area contributed by atoms with Gasteiger partial charge in [0.2, 0.25) is 5.91 Å². The number of urea groups is 1. The average Bonchev–Trinajstić information content (AvgIpc) is 3.26. The van der Waals surface area contributed by atoms with E-state index in [0.717, 1.165) is 16.7 Å². The highest BCUT2D eigenvalue weighted by Crippen LogP contribution is 2.37. The fourth-order valence-corrected chi connectivity index (χ4v) is 5.26. The van der Waals surface area contributed by atoms with Gasteiger partial charge in [-0.15, -0.1) is 6.58 Å². The Hall–Kier alpha value is -3.91. The maximum absolute atomic E-state index is 14.1. The minimum absolute atomic E-state index is 0.0956. The molecule has 0 saturated carbocycles. The molecule has 2 aromatic carbocycles. The van der Waals surface area contributed by atoms with E-state index in [1.165, 1.54) is 0 Å². The molecule has 8 nitrogen and oxygen atoms in total. The third-order valence-corrected chi connectivity index (χ3v) is 7.23. The second-order valence-corrected chi connectivity index (χ2v) is 9.63. The van der Waals surface area contributed by atoms with E-state index < -0.39 is 12.1 Å². The van der Waals surface area contributed by atoms with Crippen molar-refractivity contribution in [1.82, 2.24) is 20.0 Å². The lowest BCUT2D eigenvalue weighted by atomic mass is 9.94. The smallest absolute Gasteiger partial charge is 0.322 e. The molecular formula is C29H32N4O4. The number of nitrogens with one attached hydrogen (secondary N) is 1. The van der Waals surface area contributed by atoms with Crippen molar-refractivity contribution in [3.63, 3.8) is 0 Å². The van der Waals surface area contributed by atoms with Gasteiger partial charge in [0.1, 0.15) is 6.04 Å². The lowest BCUT2D eigenvalue weighted by Crippen LogP contribution is -2.53. The van der Waals surface area contributed by atoms with Crippen molar-refractivity contribution >= 4 is 17.8 Å². The molecule has 5 rings (SSSR count). The highest BCUT2D eigenvalue weighted by molar-refractivity contribution is 6.03. The summed E-state index contributed by atoms with van der Waals surface area (Å²) in [5.74, 6) is -0.320. The predicted octanol–water partition coefficient (Wildman–Crippen LogP) is 2.81. The van der Waals surface area contributed by atoms with Gasteiger partial charge in [-0.25, -0.2) is 4.79 Å². The molecule has 2 atom stereocenters. The molecule has 3 aliphatic rings. The second kappa shape index (κ2) is 10.6. The van der Waals surface area contributed by atoms with Gasteiger partial charge in [0.05, 0.1) is 37.1 Å². The van der Waals surface area contributed by atoms with Crippen molar-refractivity contribution in [2.45, 2.75) is 25.4 Å². The predicted molar refractivity (Wildman–Crippen MR) is 139 cm³/mol. The van der Waals surface area contributed by atoms with E-state index in [2.05, 4.69) is 11.9 Å². The number of aryl methyl sites for hydroxylation is 1. The number of carbonyl (C=O) groups is 3. The fraction of sp³-hybridized carbons (Fsp3) is 0.345. The van der Waals surface area contributed by atoms with E-state index in [1.807, 2.05) is 61.5 Å². The number of amides is 4. The first-order valence-electron chi connectivity index (χ1n) is 12.7. The van der Waals surface area contributed by atoms with E-state index in [0.29, 0.717) is 44.0 Å². The molecule has 2 unspecified atom stereocenters. The van der Waals surface area contributed by atoms with Crippen LogP contribution in [-0.4, -0.2) is 78.0 Å². The molecule has 0 spiro atoms. The van der Waals surface area contributed by atoms with Gasteiger partial charge in [-0.3, -0.25) is 14.5 Å². The third kappa shape index (κ3) is 4.89. The standard InChI is InChI=1S/C29H32N4O4/c1-3-13-32-24-19-33(28(35)25(24)26(30-29(32)36)22-11-9-20(2)10-12-22)23(18-21-7-5-4-6-8-21)27(34)31-14-16-37-17-15-31/h3-12,23,26H,1,13-19H2,2H3,(H,30,36). The number of carbonyl (C=O) groups excluding carboxylic acids is 3. The van der Waals surface area contributed by atoms with E-state index in [9.17, 15) is 14.4 Å². The van der Waals surface area contributed by atoms with E-state index in [-0.39, 0.29) is 30.9 Å². The van der Waals surface area contributed by atoms with Crippen LogP contribution < -0.4 is 5.32 Å². The Bertz CT molecular complexity index is 1220. The minimum atomic E-state index is -0.696. The van der Waals surface area contributed by atoms with Crippen LogP contribution in [-0.2, 0) is 20.7 Å². The minimum Gasteiger partial charge on any atom is -0.378 e. The summed E-state index contributed by atoms with van der Waals surface area (Å²) in [5, 5.41) is 3.01. The Kier molecular flexibility index (Phi) is 7.10. The number of hydrogen-bond acceptors (Lipinski definition) is 4. The lowest BCUT2D eigenvalue weighted by Gasteiger charge is -2.35. The number of morpholine rings is 1. The van der Waals surface area contributed by atoms with Gasteiger partial charge in [0.25, 0.3) is 5.91 Å². The zero-order valence-electron chi connectivity index (χ0n) is 21.1. The normalized spacial score (nSPS) is 20.6. The Balaban J connectivity index is 1.52. The van der Waals surface area contributed by atoms with Gasteiger partial charge in [0.15, 0.2) is 0 Å². The van der Waals surface area contributed by atoms with E-state index in [4.69, 9.17) is 4.74 Å². The maximum atomic E-state index is 14.1. The number of benzene rings is 2. The Morgan fingerprint density at radius 3 is 2.49 bits per heavy atom. The van der Waals surface area contributed by atoms with Crippen molar-refractivity contribution in [3.05, 3.63) is 95.2 Å². The molecule has 3 heterocycles. The van der Waals surface area contributed by atoms with Gasteiger partial charge in [0, 0.05) is 26.1 Å². The first-order valence-corrected chi connectivity index (χ1v) is 12.7. The highest BCUT2D eigenvalue weighted by atomic mass is 16.5. The van der Waals surface area contributed by atoms with Crippen LogP contribution in [0.4, 0.5) is 4.79 Å². The molecule has 1 saturated heterocycles. The molecule has 192 valence electrons. The highest BCUT2D eigenvalue weighted by Gasteiger charge is 2.47. The van der Waals surface area contributed by atoms with Crippen LogP contribution in [0.15, 0.2) is 78.5 Å². The Morgan fingerprint density at radius 2 is 1.81 bits per heavy atom. The number of nitrogens with zero attached hydrogens (tertiary/aromatic N) is 3. The summed E-state index contributed by atoms with van der Waals surface area (Å²) in [6, 6.07) is 16.0. The first-order chi connectivity index (χ1) is 18.0. The molecule has 0 bridgehead atoms. The van der Waals surface area contributed by atoms with E-state index >= 15 is 0 Å². The Labute approximate surface area is 217 Å². The number of ether oxygens (including phenoxy) is 1. The molecule has 3 aliphatic heterocycles. The summed E-state index contributed by atoms with van der Waals surface area (Å²) < 4.78 is 5.45. The van der Waals surface area contributed by atoms with Crippen molar-refractivity contribution < 1.29 is 19.1 Å². The van der Waals surface area contributed by atoms with Crippen LogP contribution >= 0.6 is 0 Å². The summed E-state index contributed by atoms with van der Waals surface area (Å²) in [7, 11) is 0. The van der Waals surface area contributed by atoms with Crippen LogP contribution in [0.25, 0.3) is 0 Å². The summed E-state index contributed by atoms with van der Waals surface area (Å²) >= 11 is 0. The second-order valence-electron chi connectivity index (χ2n) is 9.63. The van der Waals surface area contributed by atoms with Crippen LogP contribution in [0.5, 0.6) is 0 Å². The van der Waals surface area contributed by atoms with Gasteiger partial charge in [-0.1, -0.05) is 66.2 Å². The van der Waals surface area contributed by atoms with Gasteiger partial charge >= 0.3 is 6.03 Å². The van der Waals surface area contributed by atoms with Gasteiger partial charge in [-0.05, 0) is 18.1 Å². The summed E-state index contributed by atoms with van der Waals surface area (Å²) in [6.45, 7) is 8.19. The fourth-order valence-electron chi connectivity index (χ4n) is 5.26. The SMILES string of the molecule is C=CCN1C(=O)NC(c2ccc(C)cc2)C2=C1CN(C(Cc1ccccc1)C(=O)N1CCOCC1)C2=O. The third-order valence-electron chi connectivity index (χ3n) is 7.23. The van der Waals surface area contributed by atoms with E-state index in [1.54, 1.807) is 20.8 Å². The van der Waals surface area contributed by atoms with Crippen LogP contribution in [0.2, 0.25) is 0 Å². The van der Waals surface area contributed by atoms with Gasteiger partial charge < -0.3 is 19.9 Å². The molecule has 0 aromatic heterocycles. The largest absolute Gasteiger partial charge is 0.378 e. The Morgan fingerprint density at radius 1 is 1.11 bits per heavy atom. The molecule has 0 aliphatic carbocycles. The van der Waals surface area contributed by atoms with Crippen LogP contribution in [0.3, 0.4) is 0 Å². The monoisotopic (exact) mass is 500 g/mol. The van der Waals surface area contributed by atoms with Crippen LogP contribution in [0, 0.1) is 6.92 Å². The molecular weight excluding hydrogens is 468 g/mol. The van der Waals surface area contributed by atoms with Crippen molar-refractivity contribution in [1.29, 1.82) is 0 Å². The maximum Gasteiger partial charge on any atom is 0.322 e. The molecule has 8 heteroatoms. The molecule has 1 fully saturated rings. The quantitative estimate of drug-likeness (QED) is 0.593. The lowest BCUT2D eigenvalue weighted by molar-refractivity contribution is -0.145. The molecule has 0 radical (unpaired) electrons. The number of rotatable bonds is 7. The first kappa shape index (κ1) is 24.8. The summed E-state index contributed by atoms with van der Waals surface area (Å²) in [6.07, 6.45) is 2.03. The summed E-state index contributed by atoms with van der Waals surface area (Å²) in [5.41, 5.74) is 4.04. The molecule has 2 aromatic rings. The van der Waals surface area contributed by atoms with Crippen molar-refractivity contribution in [2.75, 3.05) is 39.4 Å². The molecule has 1 N–H and O–H groups in total. The number of hydrogen-bond donors (Lipinski definition) is 1. The topological polar surface area (TPSA) is 82.2 Å². The van der Waals surface area contributed by atoms with Crippen LogP contribution in [0.1, 0.15) is 22.7 Å². The zero-order valence-corrected chi connectivity index (χ0v) is 21.1. The van der Waals surface area contributed by atoms with Crippen molar-refractivity contribution in [3.8, 4) is 0 Å². The van der Waals surface area contributed by atoms with Crippen molar-refractivity contribution in [2.24, 2.45) is 0 Å². The molecule has 37 heavy (non-hydrogen) atoms. The van der Waals surface area contributed by atoms with Gasteiger partial charge in [-0.2, -0.15) is 0 Å².